The molecule has 23 heavy (non-hydrogen) atoms. The second-order valence-electron chi connectivity index (χ2n) is 4.54. The summed E-state index contributed by atoms with van der Waals surface area (Å²) in [6.07, 6.45) is 4.00. The largest absolute Gasteiger partial charge is 0.320 e. The molecule has 9 heteroatoms. The lowest BCUT2D eigenvalue weighted by Crippen LogP contribution is -2.13. The molecule has 1 N–H and O–H groups in total. The van der Waals surface area contributed by atoms with Gasteiger partial charge >= 0.3 is 6.55 Å². The third kappa shape index (κ3) is 3.09. The number of alkyl halides is 2. The number of aromatic nitrogens is 4. The zero-order chi connectivity index (χ0) is 16.4. The molecule has 0 spiro atoms. The maximum absolute atomic E-state index is 12.9. The number of pyridine rings is 1. The van der Waals surface area contributed by atoms with Crippen LogP contribution in [0.2, 0.25) is 0 Å². The number of rotatable bonds is 4. The topological polar surface area (TPSA) is 72.7 Å². The van der Waals surface area contributed by atoms with Gasteiger partial charge in [-0.2, -0.15) is 8.78 Å². The van der Waals surface area contributed by atoms with Crippen molar-refractivity contribution in [3.63, 3.8) is 0 Å². The Kier molecular flexibility index (Phi) is 4.11. The van der Waals surface area contributed by atoms with E-state index >= 15 is 0 Å². The lowest BCUT2D eigenvalue weighted by molar-refractivity contribution is 0.0720. The molecule has 1 amide bonds. The minimum absolute atomic E-state index is 0.119. The number of aryl methyl sites for hydroxylation is 1. The van der Waals surface area contributed by atoms with Gasteiger partial charge in [-0.3, -0.25) is 19.7 Å². The van der Waals surface area contributed by atoms with Gasteiger partial charge in [-0.25, -0.2) is 9.97 Å². The van der Waals surface area contributed by atoms with Gasteiger partial charge in [-0.05, 0) is 19.1 Å². The SMILES string of the molecule is Cc1nc(NC(=O)c2ccccn2)sc1-c1nccn1C(F)F. The van der Waals surface area contributed by atoms with Crippen LogP contribution in [0, 0.1) is 6.92 Å². The van der Waals surface area contributed by atoms with Crippen LogP contribution < -0.4 is 5.32 Å². The number of anilines is 1. The van der Waals surface area contributed by atoms with Crippen molar-refractivity contribution in [3.8, 4) is 10.7 Å². The number of halogens is 2. The number of thiazole rings is 1. The van der Waals surface area contributed by atoms with Gasteiger partial charge in [0.05, 0.1) is 10.6 Å². The zero-order valence-corrected chi connectivity index (χ0v) is 12.7. The smallest absolute Gasteiger partial charge is 0.296 e. The van der Waals surface area contributed by atoms with Gasteiger partial charge in [-0.15, -0.1) is 0 Å². The molecule has 0 aliphatic carbocycles. The number of hydrogen-bond donors (Lipinski definition) is 1. The number of nitrogens with one attached hydrogen (secondary N) is 1. The molecule has 3 aromatic heterocycles. The molecule has 0 unspecified atom stereocenters. The fourth-order valence-electron chi connectivity index (χ4n) is 1.96. The van der Waals surface area contributed by atoms with E-state index < -0.39 is 12.5 Å². The molecule has 118 valence electrons. The molecule has 0 fully saturated rings. The third-order valence-electron chi connectivity index (χ3n) is 3.00. The van der Waals surface area contributed by atoms with Gasteiger partial charge in [0, 0.05) is 18.6 Å². The second kappa shape index (κ2) is 6.21. The van der Waals surface area contributed by atoms with E-state index in [2.05, 4.69) is 20.3 Å². The predicted molar refractivity (Wildman–Crippen MR) is 81.5 cm³/mol. The van der Waals surface area contributed by atoms with Gasteiger partial charge < -0.3 is 0 Å². The molecule has 3 heterocycles. The summed E-state index contributed by atoms with van der Waals surface area (Å²) in [7, 11) is 0. The quantitative estimate of drug-likeness (QED) is 0.793. The Labute approximate surface area is 133 Å². The number of imidazole rings is 1. The molecule has 0 atom stereocenters. The van der Waals surface area contributed by atoms with Crippen LogP contribution >= 0.6 is 11.3 Å². The summed E-state index contributed by atoms with van der Waals surface area (Å²) in [5.41, 5.74) is 0.760. The highest BCUT2D eigenvalue weighted by Gasteiger charge is 2.19. The highest BCUT2D eigenvalue weighted by atomic mass is 32.1. The standard InChI is InChI=1S/C14H11F2N5OS/c1-8-10(11-18-6-7-21(11)13(15)16)23-14(19-8)20-12(22)9-4-2-3-5-17-9/h2-7,13H,1H3,(H,19,20,22). The number of hydrogen-bond acceptors (Lipinski definition) is 5. The minimum Gasteiger partial charge on any atom is -0.296 e. The van der Waals surface area contributed by atoms with Crippen molar-refractivity contribution in [2.45, 2.75) is 13.5 Å². The Morgan fingerprint density at radius 1 is 1.30 bits per heavy atom. The average molecular weight is 335 g/mol. The first kappa shape index (κ1) is 15.2. The molecular formula is C14H11F2N5OS. The first-order chi connectivity index (χ1) is 11.1. The highest BCUT2D eigenvalue weighted by molar-refractivity contribution is 7.19. The second-order valence-corrected chi connectivity index (χ2v) is 5.54. The summed E-state index contributed by atoms with van der Waals surface area (Å²) in [5, 5.41) is 2.91. The minimum atomic E-state index is -2.69. The van der Waals surface area contributed by atoms with E-state index in [1.165, 1.54) is 18.6 Å². The fourth-order valence-corrected chi connectivity index (χ4v) is 2.92. The molecule has 0 aromatic carbocycles. The lowest BCUT2D eigenvalue weighted by atomic mass is 10.3. The fraction of sp³-hybridized carbons (Fsp3) is 0.143. The van der Waals surface area contributed by atoms with Crippen molar-refractivity contribution in [1.82, 2.24) is 19.5 Å². The Morgan fingerprint density at radius 3 is 2.83 bits per heavy atom. The van der Waals surface area contributed by atoms with Crippen molar-refractivity contribution in [3.05, 3.63) is 48.2 Å². The van der Waals surface area contributed by atoms with Crippen LogP contribution in [0.4, 0.5) is 13.9 Å². The number of nitrogens with zero attached hydrogens (tertiary/aromatic N) is 4. The first-order valence-corrected chi connectivity index (χ1v) is 7.39. The van der Waals surface area contributed by atoms with Crippen LogP contribution in [-0.2, 0) is 0 Å². The Bertz CT molecular complexity index is 831. The van der Waals surface area contributed by atoms with E-state index in [1.54, 1.807) is 25.1 Å². The Morgan fingerprint density at radius 2 is 2.13 bits per heavy atom. The van der Waals surface area contributed by atoms with Crippen LogP contribution in [-0.4, -0.2) is 25.4 Å². The van der Waals surface area contributed by atoms with Gasteiger partial charge in [0.25, 0.3) is 5.91 Å². The molecular weight excluding hydrogens is 324 g/mol. The average Bonchev–Trinajstić information content (AvgIpc) is 3.14. The van der Waals surface area contributed by atoms with E-state index in [0.29, 0.717) is 15.7 Å². The maximum atomic E-state index is 12.9. The summed E-state index contributed by atoms with van der Waals surface area (Å²) in [5.74, 6) is -0.295. The molecule has 0 aliphatic heterocycles. The number of amides is 1. The third-order valence-corrected chi connectivity index (χ3v) is 4.07. The van der Waals surface area contributed by atoms with E-state index in [-0.39, 0.29) is 11.5 Å². The van der Waals surface area contributed by atoms with E-state index in [4.69, 9.17) is 0 Å². The molecule has 3 aromatic rings. The van der Waals surface area contributed by atoms with Crippen LogP contribution in [0.1, 0.15) is 22.7 Å². The molecule has 0 saturated heterocycles. The Balaban J connectivity index is 1.87. The van der Waals surface area contributed by atoms with Crippen molar-refractivity contribution < 1.29 is 13.6 Å². The lowest BCUT2D eigenvalue weighted by Gasteiger charge is -2.04. The van der Waals surface area contributed by atoms with Gasteiger partial charge in [0.15, 0.2) is 11.0 Å². The molecule has 0 radical (unpaired) electrons. The van der Waals surface area contributed by atoms with Crippen molar-refractivity contribution in [1.29, 1.82) is 0 Å². The van der Waals surface area contributed by atoms with Crippen LogP contribution in [0.5, 0.6) is 0 Å². The van der Waals surface area contributed by atoms with E-state index in [1.807, 2.05) is 0 Å². The van der Waals surface area contributed by atoms with Gasteiger partial charge in [-0.1, -0.05) is 17.4 Å². The highest BCUT2D eigenvalue weighted by Crippen LogP contribution is 2.33. The zero-order valence-electron chi connectivity index (χ0n) is 11.9. The maximum Gasteiger partial charge on any atom is 0.320 e. The van der Waals surface area contributed by atoms with E-state index in [9.17, 15) is 13.6 Å². The Hall–Kier alpha value is -2.68. The predicted octanol–water partition coefficient (Wildman–Crippen LogP) is 3.36. The van der Waals surface area contributed by atoms with Crippen LogP contribution in [0.25, 0.3) is 10.7 Å². The van der Waals surface area contributed by atoms with Gasteiger partial charge in [0.2, 0.25) is 0 Å². The van der Waals surface area contributed by atoms with Gasteiger partial charge in [0.1, 0.15) is 5.69 Å². The molecule has 0 saturated carbocycles. The van der Waals surface area contributed by atoms with Crippen molar-refractivity contribution >= 4 is 22.4 Å². The van der Waals surface area contributed by atoms with Crippen LogP contribution in [0.3, 0.4) is 0 Å². The first-order valence-electron chi connectivity index (χ1n) is 6.57. The monoisotopic (exact) mass is 335 g/mol. The van der Waals surface area contributed by atoms with Crippen molar-refractivity contribution in [2.75, 3.05) is 5.32 Å². The molecule has 6 nitrogen and oxygen atoms in total. The summed E-state index contributed by atoms with van der Waals surface area (Å²) >= 11 is 1.08. The normalized spacial score (nSPS) is 11.0. The summed E-state index contributed by atoms with van der Waals surface area (Å²) in [6, 6.07) is 4.96. The number of carbonyl (C=O) groups is 1. The molecule has 3 rings (SSSR count). The molecule has 0 bridgehead atoms. The number of carbonyl (C=O) groups excluding carboxylic acids is 1. The van der Waals surface area contributed by atoms with Crippen molar-refractivity contribution in [2.24, 2.45) is 0 Å². The summed E-state index contributed by atoms with van der Waals surface area (Å²) in [4.78, 5) is 24.6. The summed E-state index contributed by atoms with van der Waals surface area (Å²) in [6.45, 7) is -1.02. The summed E-state index contributed by atoms with van der Waals surface area (Å²) < 4.78 is 26.6. The van der Waals surface area contributed by atoms with E-state index in [0.717, 1.165) is 15.9 Å². The molecule has 0 aliphatic rings. The van der Waals surface area contributed by atoms with Crippen LogP contribution in [0.15, 0.2) is 36.8 Å².